The average molecular weight is 218 g/mol. The van der Waals surface area contributed by atoms with Crippen LogP contribution in [0.15, 0.2) is 22.1 Å². The van der Waals surface area contributed by atoms with E-state index in [9.17, 15) is 0 Å². The third-order valence-electron chi connectivity index (χ3n) is 2.34. The Morgan fingerprint density at radius 2 is 1.94 bits per heavy atom. The van der Waals surface area contributed by atoms with Crippen LogP contribution in [0.5, 0.6) is 5.75 Å². The molecule has 0 unspecified atom stereocenters. The minimum Gasteiger partial charge on any atom is -0.496 e. The van der Waals surface area contributed by atoms with Crippen LogP contribution in [0.2, 0.25) is 0 Å². The fraction of sp³-hybridized carbons (Fsp3) is 0.385. The molecule has 0 N–H and O–H groups in total. The molecule has 3 nitrogen and oxygen atoms in total. The SMILES string of the molecule is CN=CCC=Nc1cc(C)c(OC)cc1C. The summed E-state index contributed by atoms with van der Waals surface area (Å²) < 4.78 is 5.25. The first-order chi connectivity index (χ1) is 7.69. The van der Waals surface area contributed by atoms with E-state index in [-0.39, 0.29) is 0 Å². The summed E-state index contributed by atoms with van der Waals surface area (Å²) in [7, 11) is 3.44. The summed E-state index contributed by atoms with van der Waals surface area (Å²) in [5.74, 6) is 0.909. The lowest BCUT2D eigenvalue weighted by Crippen LogP contribution is -1.88. The van der Waals surface area contributed by atoms with E-state index in [1.54, 1.807) is 14.2 Å². The lowest BCUT2D eigenvalue weighted by atomic mass is 10.1. The molecule has 1 rings (SSSR count). The number of benzene rings is 1. The number of hydrogen-bond acceptors (Lipinski definition) is 3. The molecule has 0 atom stereocenters. The Morgan fingerprint density at radius 3 is 2.56 bits per heavy atom. The van der Waals surface area contributed by atoms with Crippen molar-refractivity contribution in [3.63, 3.8) is 0 Å². The van der Waals surface area contributed by atoms with Crippen LogP contribution in [0.1, 0.15) is 17.5 Å². The number of rotatable bonds is 4. The molecule has 0 aliphatic rings. The van der Waals surface area contributed by atoms with Gasteiger partial charge in [-0.25, -0.2) is 0 Å². The summed E-state index contributed by atoms with van der Waals surface area (Å²) in [5.41, 5.74) is 3.21. The molecule has 3 heteroatoms. The van der Waals surface area contributed by atoms with Gasteiger partial charge in [-0.1, -0.05) is 0 Å². The molecular weight excluding hydrogens is 200 g/mol. The minimum absolute atomic E-state index is 0.765. The largest absolute Gasteiger partial charge is 0.496 e. The van der Waals surface area contributed by atoms with Crippen molar-refractivity contribution in [1.82, 2.24) is 0 Å². The highest BCUT2D eigenvalue weighted by Crippen LogP contribution is 2.27. The fourth-order valence-corrected chi connectivity index (χ4v) is 1.44. The molecule has 1 aromatic rings. The van der Waals surface area contributed by atoms with Crippen LogP contribution in [-0.4, -0.2) is 26.6 Å². The third kappa shape index (κ3) is 3.19. The highest BCUT2D eigenvalue weighted by Gasteiger charge is 2.02. The molecule has 0 aliphatic carbocycles. The number of hydrogen-bond donors (Lipinski definition) is 0. The topological polar surface area (TPSA) is 34.0 Å². The normalized spacial score (nSPS) is 11.5. The van der Waals surface area contributed by atoms with Gasteiger partial charge < -0.3 is 9.73 Å². The van der Waals surface area contributed by atoms with E-state index in [0.29, 0.717) is 0 Å². The summed E-state index contributed by atoms with van der Waals surface area (Å²) in [4.78, 5) is 8.31. The Hall–Kier alpha value is -1.64. The Kier molecular flexibility index (Phi) is 4.70. The summed E-state index contributed by atoms with van der Waals surface area (Å²) in [6, 6.07) is 4.05. The number of aryl methyl sites for hydroxylation is 2. The quantitative estimate of drug-likeness (QED) is 0.715. The highest BCUT2D eigenvalue weighted by atomic mass is 16.5. The van der Waals surface area contributed by atoms with Gasteiger partial charge in [0.25, 0.3) is 0 Å². The molecule has 1 aromatic carbocycles. The Morgan fingerprint density at radius 1 is 1.19 bits per heavy atom. The first-order valence-electron chi connectivity index (χ1n) is 5.27. The van der Waals surface area contributed by atoms with E-state index in [1.165, 1.54) is 0 Å². The Labute approximate surface area is 96.9 Å². The molecule has 0 bridgehead atoms. The van der Waals surface area contributed by atoms with Crippen LogP contribution < -0.4 is 4.74 Å². The molecule has 0 heterocycles. The third-order valence-corrected chi connectivity index (χ3v) is 2.34. The maximum Gasteiger partial charge on any atom is 0.122 e. The van der Waals surface area contributed by atoms with Crippen LogP contribution in [0.25, 0.3) is 0 Å². The molecule has 0 spiro atoms. The van der Waals surface area contributed by atoms with Gasteiger partial charge in [0.15, 0.2) is 0 Å². The van der Waals surface area contributed by atoms with E-state index >= 15 is 0 Å². The van der Waals surface area contributed by atoms with E-state index in [1.807, 2.05) is 38.4 Å². The predicted octanol–water partition coefficient (Wildman–Crippen LogP) is 3.11. The first-order valence-corrected chi connectivity index (χ1v) is 5.27. The number of nitrogens with zero attached hydrogens (tertiary/aromatic N) is 2. The van der Waals surface area contributed by atoms with E-state index in [0.717, 1.165) is 29.0 Å². The number of aliphatic imine (C=N–C) groups is 2. The molecule has 86 valence electrons. The Balaban J connectivity index is 2.89. The second-order valence-corrected chi connectivity index (χ2v) is 3.60. The smallest absolute Gasteiger partial charge is 0.122 e. The maximum atomic E-state index is 5.25. The van der Waals surface area contributed by atoms with Gasteiger partial charge in [-0.3, -0.25) is 4.99 Å². The van der Waals surface area contributed by atoms with E-state index in [2.05, 4.69) is 9.98 Å². The van der Waals surface area contributed by atoms with Gasteiger partial charge in [-0.15, -0.1) is 0 Å². The molecule has 0 fully saturated rings. The van der Waals surface area contributed by atoms with E-state index in [4.69, 9.17) is 4.74 Å². The van der Waals surface area contributed by atoms with Crippen molar-refractivity contribution in [2.75, 3.05) is 14.2 Å². The molecule has 0 amide bonds. The standard InChI is InChI=1S/C13H18N2O/c1-10-9-13(16-4)11(2)8-12(10)15-7-5-6-14-3/h6-9H,5H2,1-4H3. The fourth-order valence-electron chi connectivity index (χ4n) is 1.44. The molecule has 0 saturated heterocycles. The van der Waals surface area contributed by atoms with Crippen LogP contribution >= 0.6 is 0 Å². The second kappa shape index (κ2) is 6.05. The van der Waals surface area contributed by atoms with Gasteiger partial charge in [0.1, 0.15) is 5.75 Å². The molecule has 0 saturated carbocycles. The number of methoxy groups -OCH3 is 1. The second-order valence-electron chi connectivity index (χ2n) is 3.60. The van der Waals surface area contributed by atoms with Crippen molar-refractivity contribution in [3.05, 3.63) is 23.3 Å². The van der Waals surface area contributed by atoms with Gasteiger partial charge >= 0.3 is 0 Å². The first kappa shape index (κ1) is 12.4. The summed E-state index contributed by atoms with van der Waals surface area (Å²) >= 11 is 0. The Bertz CT molecular complexity index is 409. The van der Waals surface area contributed by atoms with Crippen molar-refractivity contribution in [3.8, 4) is 5.75 Å². The lowest BCUT2D eigenvalue weighted by molar-refractivity contribution is 0.411. The summed E-state index contributed by atoms with van der Waals surface area (Å²) in [6.45, 7) is 4.05. The van der Waals surface area contributed by atoms with E-state index < -0.39 is 0 Å². The van der Waals surface area contributed by atoms with Crippen LogP contribution in [0, 0.1) is 13.8 Å². The summed E-state index contributed by atoms with van der Waals surface area (Å²) in [5, 5.41) is 0. The van der Waals surface area contributed by atoms with Crippen LogP contribution in [-0.2, 0) is 0 Å². The van der Waals surface area contributed by atoms with Gasteiger partial charge in [0.05, 0.1) is 12.8 Å². The van der Waals surface area contributed by atoms with Gasteiger partial charge in [-0.05, 0) is 37.1 Å². The van der Waals surface area contributed by atoms with Crippen molar-refractivity contribution in [2.45, 2.75) is 20.3 Å². The molecule has 16 heavy (non-hydrogen) atoms. The van der Waals surface area contributed by atoms with Crippen LogP contribution in [0.3, 0.4) is 0 Å². The predicted molar refractivity (Wildman–Crippen MR) is 69.7 cm³/mol. The van der Waals surface area contributed by atoms with Gasteiger partial charge in [0.2, 0.25) is 0 Å². The van der Waals surface area contributed by atoms with Crippen molar-refractivity contribution in [1.29, 1.82) is 0 Å². The average Bonchev–Trinajstić information content (AvgIpc) is 2.28. The van der Waals surface area contributed by atoms with Gasteiger partial charge in [-0.2, -0.15) is 0 Å². The van der Waals surface area contributed by atoms with Crippen molar-refractivity contribution >= 4 is 18.1 Å². The zero-order valence-corrected chi connectivity index (χ0v) is 10.3. The zero-order chi connectivity index (χ0) is 12.0. The maximum absolute atomic E-state index is 5.25. The molecular formula is C13H18N2O. The summed E-state index contributed by atoms with van der Waals surface area (Å²) in [6.07, 6.45) is 4.46. The minimum atomic E-state index is 0.765. The van der Waals surface area contributed by atoms with Crippen molar-refractivity contribution < 1.29 is 4.74 Å². The lowest BCUT2D eigenvalue weighted by Gasteiger charge is -2.07. The monoisotopic (exact) mass is 218 g/mol. The van der Waals surface area contributed by atoms with Crippen LogP contribution in [0.4, 0.5) is 5.69 Å². The highest BCUT2D eigenvalue weighted by molar-refractivity contribution is 5.81. The molecule has 0 radical (unpaired) electrons. The van der Waals surface area contributed by atoms with Gasteiger partial charge in [0, 0.05) is 25.9 Å². The molecule has 0 aromatic heterocycles. The molecule has 0 aliphatic heterocycles. The van der Waals surface area contributed by atoms with Crippen molar-refractivity contribution in [2.24, 2.45) is 9.98 Å². The number of ether oxygens (including phenoxy) is 1. The zero-order valence-electron chi connectivity index (χ0n) is 10.3.